The fraction of sp³-hybridized carbons (Fsp3) is 0.538. The quantitative estimate of drug-likeness (QED) is 0.883. The Hall–Kier alpha value is -1.98. The van der Waals surface area contributed by atoms with Crippen LogP contribution in [0.5, 0.6) is 0 Å². The lowest BCUT2D eigenvalue weighted by Crippen LogP contribution is -2.28. The summed E-state index contributed by atoms with van der Waals surface area (Å²) in [5.74, 6) is 0.902. The number of rotatable bonds is 4. The molecule has 1 atom stereocenters. The van der Waals surface area contributed by atoms with Crippen LogP contribution in [0.25, 0.3) is 12.2 Å². The molecule has 0 radical (unpaired) electrons. The molecule has 1 N–H and O–H groups in total. The summed E-state index contributed by atoms with van der Waals surface area (Å²) in [4.78, 5) is 16.1. The molecular formula is C13H19N5O. The molecule has 0 bridgehead atoms. The summed E-state index contributed by atoms with van der Waals surface area (Å²) >= 11 is 0. The van der Waals surface area contributed by atoms with E-state index in [1.165, 1.54) is 4.63 Å². The Morgan fingerprint density at radius 3 is 2.63 bits per heavy atom. The number of nitrogens with one attached hydrogen (secondary N) is 1. The van der Waals surface area contributed by atoms with Crippen molar-refractivity contribution in [3.8, 4) is 0 Å². The van der Waals surface area contributed by atoms with Crippen molar-refractivity contribution in [1.29, 1.82) is 0 Å². The van der Waals surface area contributed by atoms with Crippen LogP contribution in [-0.2, 0) is 4.79 Å². The van der Waals surface area contributed by atoms with E-state index in [-0.39, 0.29) is 11.9 Å². The van der Waals surface area contributed by atoms with Crippen LogP contribution >= 0.6 is 0 Å². The van der Waals surface area contributed by atoms with Crippen molar-refractivity contribution in [2.45, 2.75) is 40.2 Å². The van der Waals surface area contributed by atoms with E-state index in [2.05, 4.69) is 27.1 Å². The lowest BCUT2D eigenvalue weighted by Gasteiger charge is -2.11. The van der Waals surface area contributed by atoms with E-state index in [4.69, 9.17) is 0 Å². The largest absolute Gasteiger partial charge is 0.346 e. The molecule has 0 spiro atoms. The summed E-state index contributed by atoms with van der Waals surface area (Å²) in [5.41, 5.74) is 1.47. The molecule has 102 valence electrons. The van der Waals surface area contributed by atoms with Crippen LogP contribution in [0, 0.1) is 12.8 Å². The second kappa shape index (κ2) is 4.95. The van der Waals surface area contributed by atoms with Gasteiger partial charge in [-0.15, -0.1) is 9.73 Å². The number of carbonyl (C=O) groups is 1. The lowest BCUT2D eigenvalue weighted by atomic mass is 10.1. The first-order valence-electron chi connectivity index (χ1n) is 6.40. The Bertz CT molecular complexity index is 646. The van der Waals surface area contributed by atoms with Gasteiger partial charge in [0.1, 0.15) is 0 Å². The SMILES string of the molecule is C=c1c(C)nn2nc(C(C)NC(=O)CC(C)C)nc12. The fourth-order valence-corrected chi connectivity index (χ4v) is 1.86. The van der Waals surface area contributed by atoms with Gasteiger partial charge in [-0.1, -0.05) is 20.4 Å². The van der Waals surface area contributed by atoms with Crippen molar-refractivity contribution in [1.82, 2.24) is 25.1 Å². The van der Waals surface area contributed by atoms with E-state index < -0.39 is 0 Å². The average molecular weight is 261 g/mol. The minimum absolute atomic E-state index is 0.0102. The molecular weight excluding hydrogens is 242 g/mol. The fourth-order valence-electron chi connectivity index (χ4n) is 1.86. The number of fused-ring (bicyclic) bond motifs is 1. The van der Waals surface area contributed by atoms with Crippen LogP contribution < -0.4 is 10.5 Å². The zero-order valence-electron chi connectivity index (χ0n) is 11.8. The number of amides is 1. The maximum Gasteiger partial charge on any atom is 0.220 e. The van der Waals surface area contributed by atoms with E-state index in [1.807, 2.05) is 27.7 Å². The van der Waals surface area contributed by atoms with Gasteiger partial charge in [-0.3, -0.25) is 4.79 Å². The predicted octanol–water partition coefficient (Wildman–Crippen LogP) is 0.785. The van der Waals surface area contributed by atoms with Crippen molar-refractivity contribution in [3.63, 3.8) is 0 Å². The number of aromatic nitrogens is 4. The molecule has 6 nitrogen and oxygen atoms in total. The Balaban J connectivity index is 2.15. The maximum absolute atomic E-state index is 11.7. The van der Waals surface area contributed by atoms with Crippen molar-refractivity contribution < 1.29 is 4.79 Å². The summed E-state index contributed by atoms with van der Waals surface area (Å²) in [6.07, 6.45) is 0.502. The number of hydrogen-bond donors (Lipinski definition) is 1. The molecule has 0 aliphatic carbocycles. The number of carbonyl (C=O) groups excluding carboxylic acids is 1. The molecule has 2 aromatic heterocycles. The van der Waals surface area contributed by atoms with Crippen molar-refractivity contribution in [2.75, 3.05) is 0 Å². The van der Waals surface area contributed by atoms with E-state index >= 15 is 0 Å². The topological polar surface area (TPSA) is 72.2 Å². The first-order chi connectivity index (χ1) is 8.88. The molecule has 2 aromatic rings. The Kier molecular flexibility index (Phi) is 3.50. The minimum Gasteiger partial charge on any atom is -0.346 e. The molecule has 0 aromatic carbocycles. The summed E-state index contributed by atoms with van der Waals surface area (Å²) in [6.45, 7) is 11.7. The van der Waals surface area contributed by atoms with Gasteiger partial charge in [0.2, 0.25) is 5.91 Å². The molecule has 0 aliphatic rings. The third kappa shape index (κ3) is 2.72. The lowest BCUT2D eigenvalue weighted by molar-refractivity contribution is -0.122. The van der Waals surface area contributed by atoms with Gasteiger partial charge < -0.3 is 5.32 Å². The molecule has 0 saturated carbocycles. The summed E-state index contributed by atoms with van der Waals surface area (Å²) in [5, 5.41) is 12.1. The third-order valence-electron chi connectivity index (χ3n) is 2.92. The highest BCUT2D eigenvalue weighted by molar-refractivity contribution is 5.76. The molecule has 0 aliphatic heterocycles. The van der Waals surface area contributed by atoms with E-state index in [0.29, 0.717) is 23.8 Å². The van der Waals surface area contributed by atoms with Crippen LogP contribution in [0.3, 0.4) is 0 Å². The van der Waals surface area contributed by atoms with Gasteiger partial charge in [0.05, 0.1) is 11.7 Å². The molecule has 2 heterocycles. The molecule has 6 heteroatoms. The monoisotopic (exact) mass is 261 g/mol. The van der Waals surface area contributed by atoms with E-state index in [9.17, 15) is 4.79 Å². The highest BCUT2D eigenvalue weighted by atomic mass is 16.1. The highest BCUT2D eigenvalue weighted by Crippen LogP contribution is 2.09. The van der Waals surface area contributed by atoms with Crippen LogP contribution in [0.15, 0.2) is 0 Å². The van der Waals surface area contributed by atoms with Crippen molar-refractivity contribution in [2.24, 2.45) is 5.92 Å². The van der Waals surface area contributed by atoms with Gasteiger partial charge in [-0.25, -0.2) is 4.98 Å². The van der Waals surface area contributed by atoms with Crippen LogP contribution in [-0.4, -0.2) is 25.7 Å². The van der Waals surface area contributed by atoms with Gasteiger partial charge in [-0.2, -0.15) is 5.10 Å². The summed E-state index contributed by atoms with van der Waals surface area (Å²) in [7, 11) is 0. The molecule has 1 unspecified atom stereocenters. The second-order valence-electron chi connectivity index (χ2n) is 5.23. The highest BCUT2D eigenvalue weighted by Gasteiger charge is 2.17. The van der Waals surface area contributed by atoms with Crippen LogP contribution in [0.2, 0.25) is 0 Å². The maximum atomic E-state index is 11.7. The number of hydrogen-bond acceptors (Lipinski definition) is 4. The van der Waals surface area contributed by atoms with Crippen LogP contribution in [0.4, 0.5) is 0 Å². The van der Waals surface area contributed by atoms with E-state index in [0.717, 1.165) is 10.9 Å². The summed E-state index contributed by atoms with van der Waals surface area (Å²) in [6, 6.07) is -0.229. The van der Waals surface area contributed by atoms with Gasteiger partial charge in [0.25, 0.3) is 0 Å². The first kappa shape index (κ1) is 13.5. The smallest absolute Gasteiger partial charge is 0.220 e. The third-order valence-corrected chi connectivity index (χ3v) is 2.92. The molecule has 2 rings (SSSR count). The van der Waals surface area contributed by atoms with Gasteiger partial charge >= 0.3 is 0 Å². The minimum atomic E-state index is -0.229. The molecule has 0 saturated heterocycles. The Morgan fingerprint density at radius 2 is 2.05 bits per heavy atom. The zero-order valence-corrected chi connectivity index (χ0v) is 11.8. The second-order valence-corrected chi connectivity index (χ2v) is 5.23. The average Bonchev–Trinajstić information content (AvgIpc) is 2.79. The van der Waals surface area contributed by atoms with Crippen molar-refractivity contribution in [3.05, 3.63) is 16.7 Å². The normalized spacial score (nSPS) is 13.1. The zero-order chi connectivity index (χ0) is 14.2. The van der Waals surface area contributed by atoms with Crippen LogP contribution in [0.1, 0.15) is 44.8 Å². The first-order valence-corrected chi connectivity index (χ1v) is 6.40. The van der Waals surface area contributed by atoms with Crippen molar-refractivity contribution >= 4 is 18.1 Å². The van der Waals surface area contributed by atoms with Gasteiger partial charge in [0.15, 0.2) is 11.5 Å². The molecule has 19 heavy (non-hydrogen) atoms. The van der Waals surface area contributed by atoms with E-state index in [1.54, 1.807) is 0 Å². The number of nitrogens with zero attached hydrogens (tertiary/aromatic N) is 4. The predicted molar refractivity (Wildman–Crippen MR) is 72.3 cm³/mol. The van der Waals surface area contributed by atoms with Gasteiger partial charge in [0, 0.05) is 11.6 Å². The molecule has 1 amide bonds. The summed E-state index contributed by atoms with van der Waals surface area (Å²) < 4.78 is 1.47. The van der Waals surface area contributed by atoms with Gasteiger partial charge in [-0.05, 0) is 19.8 Å². The molecule has 0 fully saturated rings. The Labute approximate surface area is 111 Å². The standard InChI is InChI=1S/C13H19N5O/c1-7(2)6-11(19)14-10(5)12-15-13-8(3)9(4)16-18(13)17-12/h7,10H,3,6H2,1-2,4-5H3,(H,14,19). The number of aryl methyl sites for hydroxylation is 1. The Morgan fingerprint density at radius 1 is 1.37 bits per heavy atom.